The topological polar surface area (TPSA) is 51.6 Å². The van der Waals surface area contributed by atoms with Crippen molar-refractivity contribution in [2.24, 2.45) is 0 Å². The van der Waals surface area contributed by atoms with E-state index in [4.69, 9.17) is 5.02 Å². The van der Waals surface area contributed by atoms with E-state index in [1.54, 1.807) is 0 Å². The maximum absolute atomic E-state index is 11.2. The molecule has 0 saturated heterocycles. The Labute approximate surface area is 62.7 Å². The molecule has 58 valence electrons. The van der Waals surface area contributed by atoms with Gasteiger partial charge in [0.05, 0.1) is 0 Å². The first-order valence-electron chi connectivity index (χ1n) is 2.85. The maximum atomic E-state index is 11.2. The molecule has 0 aromatic carbocycles. The standard InChI is InChI=1S/C5H5BFNO3/c7-11-6(9)10-5-1-3-8-4-2-5/h1-4,9H. The molecule has 0 unspecified atom stereocenters. The smallest absolute Gasteiger partial charge is 0.510 e. The van der Waals surface area contributed by atoms with Crippen molar-refractivity contribution in [3.8, 4) is 5.75 Å². The number of pyridine rings is 1. The summed E-state index contributed by atoms with van der Waals surface area (Å²) < 4.78 is 15.7. The van der Waals surface area contributed by atoms with Crippen molar-refractivity contribution in [3.63, 3.8) is 0 Å². The van der Waals surface area contributed by atoms with Crippen LogP contribution in [0.4, 0.5) is 4.53 Å². The Balaban J connectivity index is 2.51. The van der Waals surface area contributed by atoms with Crippen LogP contribution in [0.5, 0.6) is 5.75 Å². The van der Waals surface area contributed by atoms with Gasteiger partial charge in [-0.1, -0.05) is 4.53 Å². The van der Waals surface area contributed by atoms with Gasteiger partial charge in [0, 0.05) is 12.4 Å². The zero-order valence-corrected chi connectivity index (χ0v) is 5.48. The molecule has 0 radical (unpaired) electrons. The Hall–Kier alpha value is -1.14. The second-order valence-electron chi connectivity index (χ2n) is 1.70. The molecule has 1 heterocycles. The zero-order valence-electron chi connectivity index (χ0n) is 5.48. The van der Waals surface area contributed by atoms with E-state index in [1.165, 1.54) is 24.5 Å². The van der Waals surface area contributed by atoms with E-state index in [0.29, 0.717) is 0 Å². The highest BCUT2D eigenvalue weighted by molar-refractivity contribution is 6.35. The third-order valence-electron chi connectivity index (χ3n) is 0.963. The maximum Gasteiger partial charge on any atom is 0.743 e. The van der Waals surface area contributed by atoms with Gasteiger partial charge in [0.2, 0.25) is 0 Å². The fraction of sp³-hybridized carbons (Fsp3) is 0. The first kappa shape index (κ1) is 7.97. The summed E-state index contributed by atoms with van der Waals surface area (Å²) in [5.74, 6) is 0.283. The van der Waals surface area contributed by atoms with Gasteiger partial charge in [-0.15, -0.1) is 0 Å². The highest BCUT2D eigenvalue weighted by atomic mass is 19.3. The molecule has 1 N–H and O–H groups in total. The molecule has 11 heavy (non-hydrogen) atoms. The van der Waals surface area contributed by atoms with E-state index < -0.39 is 7.32 Å². The number of aromatic nitrogens is 1. The summed E-state index contributed by atoms with van der Waals surface area (Å²) in [6, 6.07) is 2.92. The van der Waals surface area contributed by atoms with Crippen molar-refractivity contribution in [2.45, 2.75) is 0 Å². The number of rotatable bonds is 3. The molecule has 0 saturated carbocycles. The van der Waals surface area contributed by atoms with Crippen molar-refractivity contribution in [3.05, 3.63) is 24.5 Å². The van der Waals surface area contributed by atoms with Crippen LogP contribution >= 0.6 is 0 Å². The van der Waals surface area contributed by atoms with Crippen molar-refractivity contribution < 1.29 is 19.1 Å². The van der Waals surface area contributed by atoms with Crippen LogP contribution in [0.25, 0.3) is 0 Å². The lowest BCUT2D eigenvalue weighted by Crippen LogP contribution is -2.22. The molecular formula is C5H5BFNO3. The minimum absolute atomic E-state index is 0.283. The normalized spacial score (nSPS) is 9.27. The zero-order chi connectivity index (χ0) is 8.10. The predicted octanol–water partition coefficient (Wildman–Crippen LogP) is 0.339. The summed E-state index contributed by atoms with van der Waals surface area (Å²) in [4.78, 5) is 6.65. The molecule has 4 nitrogen and oxygen atoms in total. The minimum atomic E-state index is -1.88. The van der Waals surface area contributed by atoms with Crippen molar-refractivity contribution >= 4 is 7.32 Å². The van der Waals surface area contributed by atoms with Crippen LogP contribution in [0.15, 0.2) is 24.5 Å². The van der Waals surface area contributed by atoms with Gasteiger partial charge in [0.25, 0.3) is 0 Å². The molecule has 0 spiro atoms. The van der Waals surface area contributed by atoms with E-state index in [1.807, 2.05) is 0 Å². The van der Waals surface area contributed by atoms with Crippen LogP contribution in [-0.2, 0) is 4.86 Å². The van der Waals surface area contributed by atoms with E-state index in [9.17, 15) is 4.53 Å². The first-order valence-corrected chi connectivity index (χ1v) is 2.85. The van der Waals surface area contributed by atoms with Gasteiger partial charge in [-0.2, -0.15) is 4.86 Å². The predicted molar refractivity (Wildman–Crippen MR) is 35.0 cm³/mol. The van der Waals surface area contributed by atoms with Crippen LogP contribution in [0.2, 0.25) is 0 Å². The van der Waals surface area contributed by atoms with Crippen LogP contribution in [0.3, 0.4) is 0 Å². The number of hydrogen-bond acceptors (Lipinski definition) is 4. The molecular weight excluding hydrogens is 152 g/mol. The molecule has 0 aliphatic heterocycles. The lowest BCUT2D eigenvalue weighted by Gasteiger charge is -2.02. The first-order chi connectivity index (χ1) is 5.33. The number of nitrogens with zero attached hydrogens (tertiary/aromatic N) is 1. The monoisotopic (exact) mass is 157 g/mol. The molecule has 0 amide bonds. The summed E-state index contributed by atoms with van der Waals surface area (Å²) in [6.07, 6.45) is 2.89. The Bertz CT molecular complexity index is 210. The van der Waals surface area contributed by atoms with Gasteiger partial charge in [-0.05, 0) is 12.1 Å². The molecule has 0 bridgehead atoms. The molecule has 0 atom stereocenters. The summed E-state index contributed by atoms with van der Waals surface area (Å²) in [6.45, 7) is 0. The Morgan fingerprint density at radius 3 is 2.64 bits per heavy atom. The second kappa shape index (κ2) is 3.90. The van der Waals surface area contributed by atoms with Crippen molar-refractivity contribution in [2.75, 3.05) is 0 Å². The van der Waals surface area contributed by atoms with Crippen LogP contribution in [0, 0.1) is 0 Å². The third-order valence-corrected chi connectivity index (χ3v) is 0.963. The number of halogens is 1. The average Bonchev–Trinajstić information content (AvgIpc) is 2.06. The fourth-order valence-electron chi connectivity index (χ4n) is 0.551. The van der Waals surface area contributed by atoms with E-state index >= 15 is 0 Å². The summed E-state index contributed by atoms with van der Waals surface area (Å²) in [5, 5.41) is 8.47. The van der Waals surface area contributed by atoms with E-state index in [2.05, 4.69) is 14.5 Å². The Morgan fingerprint density at radius 2 is 2.09 bits per heavy atom. The fourth-order valence-corrected chi connectivity index (χ4v) is 0.551. The molecule has 0 aliphatic rings. The summed E-state index contributed by atoms with van der Waals surface area (Å²) in [5.41, 5.74) is 0. The van der Waals surface area contributed by atoms with Crippen LogP contribution < -0.4 is 4.65 Å². The lowest BCUT2D eigenvalue weighted by atomic mass is 10.2. The van der Waals surface area contributed by atoms with Crippen molar-refractivity contribution in [1.82, 2.24) is 4.98 Å². The second-order valence-corrected chi connectivity index (χ2v) is 1.70. The largest absolute Gasteiger partial charge is 0.743 e. The molecule has 0 fully saturated rings. The summed E-state index contributed by atoms with van der Waals surface area (Å²) >= 11 is 0. The highest BCUT2D eigenvalue weighted by Crippen LogP contribution is 2.07. The van der Waals surface area contributed by atoms with Crippen molar-refractivity contribution in [1.29, 1.82) is 0 Å². The van der Waals surface area contributed by atoms with Gasteiger partial charge in [0.1, 0.15) is 5.75 Å². The van der Waals surface area contributed by atoms with Gasteiger partial charge in [0.15, 0.2) is 0 Å². The van der Waals surface area contributed by atoms with E-state index in [-0.39, 0.29) is 5.75 Å². The SMILES string of the molecule is OB(OF)Oc1ccncc1. The number of hydrogen-bond donors (Lipinski definition) is 1. The Morgan fingerprint density at radius 1 is 1.45 bits per heavy atom. The molecule has 1 aromatic rings. The van der Waals surface area contributed by atoms with Gasteiger partial charge < -0.3 is 9.68 Å². The quantitative estimate of drug-likeness (QED) is 0.642. The lowest BCUT2D eigenvalue weighted by molar-refractivity contribution is -0.0527. The van der Waals surface area contributed by atoms with Crippen LogP contribution in [0.1, 0.15) is 0 Å². The third kappa shape index (κ3) is 2.52. The summed E-state index contributed by atoms with van der Waals surface area (Å²) in [7, 11) is -1.88. The molecule has 1 rings (SSSR count). The highest BCUT2D eigenvalue weighted by Gasteiger charge is 2.18. The minimum Gasteiger partial charge on any atom is -0.510 e. The van der Waals surface area contributed by atoms with Gasteiger partial charge in [-0.3, -0.25) is 4.98 Å². The van der Waals surface area contributed by atoms with E-state index in [0.717, 1.165) is 0 Å². The van der Waals surface area contributed by atoms with Gasteiger partial charge in [-0.25, -0.2) is 0 Å². The molecule has 1 aromatic heterocycles. The van der Waals surface area contributed by atoms with Crippen LogP contribution in [-0.4, -0.2) is 17.3 Å². The molecule has 6 heteroatoms. The van der Waals surface area contributed by atoms with Gasteiger partial charge >= 0.3 is 7.32 Å². The Kier molecular flexibility index (Phi) is 2.82. The molecule has 0 aliphatic carbocycles. The average molecular weight is 157 g/mol.